The first-order valence-corrected chi connectivity index (χ1v) is 10.5. The van der Waals surface area contributed by atoms with E-state index in [0.717, 1.165) is 69.2 Å². The second kappa shape index (κ2) is 7.24. The number of nitrogens with zero attached hydrogens (tertiary/aromatic N) is 5. The summed E-state index contributed by atoms with van der Waals surface area (Å²) in [5.74, 6) is 1.83. The molecule has 6 heteroatoms. The molecule has 2 aliphatic heterocycles. The topological polar surface area (TPSA) is 62.2 Å². The van der Waals surface area contributed by atoms with Crippen molar-refractivity contribution >= 4 is 5.91 Å². The van der Waals surface area contributed by atoms with E-state index in [0.29, 0.717) is 11.7 Å². The fourth-order valence-electron chi connectivity index (χ4n) is 4.73. The molecule has 1 unspecified atom stereocenters. The Morgan fingerprint density at radius 3 is 2.68 bits per heavy atom. The lowest BCUT2D eigenvalue weighted by molar-refractivity contribution is -0.145. The van der Waals surface area contributed by atoms with Crippen LogP contribution in [0.25, 0.3) is 11.5 Å². The molecule has 3 aliphatic rings. The fourth-order valence-corrected chi connectivity index (χ4v) is 4.73. The summed E-state index contributed by atoms with van der Waals surface area (Å²) in [6, 6.07) is 5.75. The highest BCUT2D eigenvalue weighted by Gasteiger charge is 2.48. The van der Waals surface area contributed by atoms with Crippen LogP contribution in [-0.4, -0.2) is 56.8 Å². The number of carbonyl (C=O) groups is 1. The Morgan fingerprint density at radius 1 is 1.07 bits per heavy atom. The molecule has 1 atom stereocenters. The average Bonchev–Trinajstić information content (AvgIpc) is 3.46. The minimum Gasteiger partial charge on any atom is -0.342 e. The third-order valence-electron chi connectivity index (χ3n) is 6.44. The Bertz CT molecular complexity index is 836. The highest BCUT2D eigenvalue weighted by Crippen LogP contribution is 2.42. The van der Waals surface area contributed by atoms with Crippen molar-refractivity contribution in [1.29, 1.82) is 0 Å². The number of hydrogen-bond donors (Lipinski definition) is 0. The molecule has 2 saturated heterocycles. The van der Waals surface area contributed by atoms with Crippen LogP contribution >= 0.6 is 0 Å². The van der Waals surface area contributed by atoms with Crippen molar-refractivity contribution in [2.45, 2.75) is 38.6 Å². The Morgan fingerprint density at radius 2 is 1.93 bits per heavy atom. The lowest BCUT2D eigenvalue weighted by atomic mass is 9.78. The van der Waals surface area contributed by atoms with Gasteiger partial charge in [-0.15, -0.1) is 0 Å². The highest BCUT2D eigenvalue weighted by molar-refractivity contribution is 5.84. The molecule has 1 aliphatic carbocycles. The van der Waals surface area contributed by atoms with Crippen molar-refractivity contribution in [2.75, 3.05) is 26.2 Å². The number of carbonyl (C=O) groups excluding carboxylic acids is 1. The van der Waals surface area contributed by atoms with Crippen LogP contribution in [0.15, 0.2) is 36.8 Å². The van der Waals surface area contributed by atoms with Gasteiger partial charge in [-0.3, -0.25) is 14.7 Å². The molecule has 3 fully saturated rings. The molecular weight excluding hydrogens is 350 g/mol. The minimum atomic E-state index is -0.151. The molecule has 4 heterocycles. The van der Waals surface area contributed by atoms with Gasteiger partial charge >= 0.3 is 0 Å². The third kappa shape index (κ3) is 3.53. The smallest absolute Gasteiger partial charge is 0.230 e. The summed E-state index contributed by atoms with van der Waals surface area (Å²) in [6.45, 7) is 4.60. The highest BCUT2D eigenvalue weighted by atomic mass is 16.2. The molecule has 1 amide bonds. The van der Waals surface area contributed by atoms with E-state index in [4.69, 9.17) is 0 Å². The maximum atomic E-state index is 13.2. The van der Waals surface area contributed by atoms with Crippen LogP contribution in [0.5, 0.6) is 0 Å². The van der Waals surface area contributed by atoms with Crippen LogP contribution in [0.3, 0.4) is 0 Å². The second-order valence-electron chi connectivity index (χ2n) is 8.67. The SMILES string of the molecule is O=C1N(CC2CC2)CCCC12CCN(Cc1cnc(-c3ccccn3)nc1)C2. The lowest BCUT2D eigenvalue weighted by Crippen LogP contribution is -2.50. The molecule has 2 aromatic rings. The monoisotopic (exact) mass is 377 g/mol. The summed E-state index contributed by atoms with van der Waals surface area (Å²) in [5, 5.41) is 0. The van der Waals surface area contributed by atoms with Gasteiger partial charge in [-0.2, -0.15) is 0 Å². The minimum absolute atomic E-state index is 0.151. The van der Waals surface area contributed by atoms with E-state index in [9.17, 15) is 4.79 Å². The molecule has 5 rings (SSSR count). The first-order valence-electron chi connectivity index (χ1n) is 10.5. The van der Waals surface area contributed by atoms with Crippen molar-refractivity contribution in [2.24, 2.45) is 11.3 Å². The summed E-state index contributed by atoms with van der Waals surface area (Å²) in [5.41, 5.74) is 1.73. The third-order valence-corrected chi connectivity index (χ3v) is 6.44. The van der Waals surface area contributed by atoms with E-state index in [1.54, 1.807) is 6.20 Å². The average molecular weight is 377 g/mol. The zero-order chi connectivity index (χ0) is 19.0. The number of piperidine rings is 1. The summed E-state index contributed by atoms with van der Waals surface area (Å²) < 4.78 is 0. The largest absolute Gasteiger partial charge is 0.342 e. The first-order chi connectivity index (χ1) is 13.7. The Balaban J connectivity index is 1.23. The molecule has 0 radical (unpaired) electrons. The Labute approximate surface area is 166 Å². The van der Waals surface area contributed by atoms with E-state index in [-0.39, 0.29) is 5.41 Å². The van der Waals surface area contributed by atoms with Gasteiger partial charge in [0.2, 0.25) is 5.91 Å². The van der Waals surface area contributed by atoms with Crippen molar-refractivity contribution in [3.05, 3.63) is 42.4 Å². The molecule has 0 bridgehead atoms. The van der Waals surface area contributed by atoms with E-state index in [2.05, 4.69) is 24.8 Å². The molecular formula is C22H27N5O. The van der Waals surface area contributed by atoms with Gasteiger partial charge < -0.3 is 4.90 Å². The van der Waals surface area contributed by atoms with E-state index < -0.39 is 0 Å². The van der Waals surface area contributed by atoms with Crippen LogP contribution < -0.4 is 0 Å². The molecule has 1 saturated carbocycles. The number of pyridine rings is 1. The molecule has 6 nitrogen and oxygen atoms in total. The quantitative estimate of drug-likeness (QED) is 0.802. The van der Waals surface area contributed by atoms with Crippen molar-refractivity contribution in [3.63, 3.8) is 0 Å². The summed E-state index contributed by atoms with van der Waals surface area (Å²) in [6.07, 6.45) is 11.3. The van der Waals surface area contributed by atoms with E-state index >= 15 is 0 Å². The van der Waals surface area contributed by atoms with Crippen molar-refractivity contribution in [3.8, 4) is 11.5 Å². The zero-order valence-electron chi connectivity index (χ0n) is 16.3. The summed E-state index contributed by atoms with van der Waals surface area (Å²) >= 11 is 0. The van der Waals surface area contributed by atoms with Crippen LogP contribution in [-0.2, 0) is 11.3 Å². The standard InChI is InChI=1S/C22H27N5O/c28-21-22(7-3-10-27(21)15-17-5-6-17)8-11-26(16-22)14-18-12-24-20(25-13-18)19-4-1-2-9-23-19/h1-2,4,9,12-13,17H,3,5-8,10-11,14-16H2. The van der Waals surface area contributed by atoms with Gasteiger partial charge in [-0.05, 0) is 56.7 Å². The number of aromatic nitrogens is 3. The number of hydrogen-bond acceptors (Lipinski definition) is 5. The molecule has 146 valence electrons. The van der Waals surface area contributed by atoms with Gasteiger partial charge in [0.15, 0.2) is 5.82 Å². The number of rotatable bonds is 5. The zero-order valence-corrected chi connectivity index (χ0v) is 16.3. The lowest BCUT2D eigenvalue weighted by Gasteiger charge is -2.39. The van der Waals surface area contributed by atoms with Crippen molar-refractivity contribution < 1.29 is 4.79 Å². The molecule has 1 spiro atoms. The normalized spacial score (nSPS) is 25.6. The van der Waals surface area contributed by atoms with Gasteiger partial charge in [-0.25, -0.2) is 9.97 Å². The van der Waals surface area contributed by atoms with Gasteiger partial charge in [0.05, 0.1) is 5.41 Å². The molecule has 0 aromatic carbocycles. The Kier molecular flexibility index (Phi) is 4.59. The second-order valence-corrected chi connectivity index (χ2v) is 8.67. The van der Waals surface area contributed by atoms with Crippen molar-refractivity contribution in [1.82, 2.24) is 24.8 Å². The number of amides is 1. The first kappa shape index (κ1) is 17.7. The van der Waals surface area contributed by atoms with Gasteiger partial charge in [0.1, 0.15) is 5.69 Å². The van der Waals surface area contributed by atoms with Gasteiger partial charge in [-0.1, -0.05) is 6.07 Å². The van der Waals surface area contributed by atoms with E-state index in [1.807, 2.05) is 30.6 Å². The van der Waals surface area contributed by atoms with Crippen LogP contribution in [0, 0.1) is 11.3 Å². The predicted molar refractivity (Wildman–Crippen MR) is 106 cm³/mol. The van der Waals surface area contributed by atoms with Crippen LogP contribution in [0.4, 0.5) is 0 Å². The molecule has 0 N–H and O–H groups in total. The van der Waals surface area contributed by atoms with Gasteiger partial charge in [0, 0.05) is 50.3 Å². The summed E-state index contributed by atoms with van der Waals surface area (Å²) in [4.78, 5) is 31.0. The maximum Gasteiger partial charge on any atom is 0.230 e. The summed E-state index contributed by atoms with van der Waals surface area (Å²) in [7, 11) is 0. The van der Waals surface area contributed by atoms with Crippen LogP contribution in [0.2, 0.25) is 0 Å². The van der Waals surface area contributed by atoms with E-state index in [1.165, 1.54) is 12.8 Å². The number of likely N-dealkylation sites (tertiary alicyclic amines) is 2. The molecule has 28 heavy (non-hydrogen) atoms. The van der Waals surface area contributed by atoms with Gasteiger partial charge in [0.25, 0.3) is 0 Å². The Hall–Kier alpha value is -2.34. The van der Waals surface area contributed by atoms with Crippen LogP contribution in [0.1, 0.15) is 37.7 Å². The predicted octanol–water partition coefficient (Wildman–Crippen LogP) is 2.76. The maximum absolute atomic E-state index is 13.2. The molecule has 2 aromatic heterocycles. The fraction of sp³-hybridized carbons (Fsp3) is 0.545.